The SMILES string of the molecule is [C-]#[N+]CN(Cc1ccccc1)c1ccc(C(C)(O)CNS(=O)(=O)C(C)C)cc1. The Morgan fingerprint density at radius 2 is 1.75 bits per heavy atom. The zero-order chi connectivity index (χ0) is 20.8. The molecule has 0 amide bonds. The molecule has 2 aromatic rings. The summed E-state index contributed by atoms with van der Waals surface area (Å²) in [6, 6.07) is 17.1. The van der Waals surface area contributed by atoms with Crippen LogP contribution in [0.15, 0.2) is 54.6 Å². The Hall–Kier alpha value is -2.40. The van der Waals surface area contributed by atoms with E-state index in [0.717, 1.165) is 11.3 Å². The molecule has 0 aromatic heterocycles. The molecule has 0 aliphatic carbocycles. The summed E-state index contributed by atoms with van der Waals surface area (Å²) in [5, 5.41) is 10.1. The molecule has 28 heavy (non-hydrogen) atoms. The minimum atomic E-state index is -3.45. The third-order valence-corrected chi connectivity index (χ3v) is 6.34. The van der Waals surface area contributed by atoms with Crippen LogP contribution in [0.25, 0.3) is 4.85 Å². The second-order valence-corrected chi connectivity index (χ2v) is 9.54. The fraction of sp³-hybridized carbons (Fsp3) is 0.381. The molecule has 0 radical (unpaired) electrons. The number of aliphatic hydroxyl groups is 1. The van der Waals surface area contributed by atoms with Gasteiger partial charge in [0.05, 0.1) is 5.25 Å². The predicted octanol–water partition coefficient (Wildman–Crippen LogP) is 3.11. The second-order valence-electron chi connectivity index (χ2n) is 7.22. The van der Waals surface area contributed by atoms with Crippen LogP contribution < -0.4 is 9.62 Å². The number of benzene rings is 2. The van der Waals surface area contributed by atoms with Crippen molar-refractivity contribution < 1.29 is 13.5 Å². The maximum Gasteiger partial charge on any atom is 0.289 e. The van der Waals surface area contributed by atoms with Gasteiger partial charge < -0.3 is 10.0 Å². The van der Waals surface area contributed by atoms with Crippen molar-refractivity contribution in [3.63, 3.8) is 0 Å². The minimum Gasteiger partial charge on any atom is -0.384 e. The van der Waals surface area contributed by atoms with E-state index in [1.54, 1.807) is 32.9 Å². The van der Waals surface area contributed by atoms with Gasteiger partial charge in [-0.05, 0) is 44.0 Å². The quantitative estimate of drug-likeness (QED) is 0.633. The fourth-order valence-electron chi connectivity index (χ4n) is 2.65. The molecule has 2 N–H and O–H groups in total. The molecule has 0 spiro atoms. The van der Waals surface area contributed by atoms with Crippen molar-refractivity contribution in [2.45, 2.75) is 38.2 Å². The van der Waals surface area contributed by atoms with E-state index in [4.69, 9.17) is 6.57 Å². The van der Waals surface area contributed by atoms with Gasteiger partial charge in [0.2, 0.25) is 10.0 Å². The number of nitrogens with one attached hydrogen (secondary N) is 1. The highest BCUT2D eigenvalue weighted by atomic mass is 32.2. The van der Waals surface area contributed by atoms with Gasteiger partial charge in [0.25, 0.3) is 6.67 Å². The maximum atomic E-state index is 11.9. The van der Waals surface area contributed by atoms with E-state index in [2.05, 4.69) is 9.57 Å². The largest absolute Gasteiger partial charge is 0.384 e. The maximum absolute atomic E-state index is 11.9. The van der Waals surface area contributed by atoms with Crippen molar-refractivity contribution in [1.82, 2.24) is 4.72 Å². The second kappa shape index (κ2) is 9.20. The van der Waals surface area contributed by atoms with Gasteiger partial charge in [-0.25, -0.2) is 19.7 Å². The molecule has 7 heteroatoms. The van der Waals surface area contributed by atoms with E-state index in [0.29, 0.717) is 12.1 Å². The van der Waals surface area contributed by atoms with Gasteiger partial charge in [-0.2, -0.15) is 0 Å². The van der Waals surface area contributed by atoms with Crippen LogP contribution in [0, 0.1) is 6.57 Å². The van der Waals surface area contributed by atoms with E-state index in [1.165, 1.54) is 0 Å². The van der Waals surface area contributed by atoms with Crippen LogP contribution in [0.2, 0.25) is 0 Å². The van der Waals surface area contributed by atoms with Gasteiger partial charge >= 0.3 is 0 Å². The van der Waals surface area contributed by atoms with Gasteiger partial charge in [-0.3, -0.25) is 4.85 Å². The summed E-state index contributed by atoms with van der Waals surface area (Å²) >= 11 is 0. The molecule has 2 aromatic carbocycles. The summed E-state index contributed by atoms with van der Waals surface area (Å²) in [5.41, 5.74) is 1.22. The molecule has 0 fully saturated rings. The van der Waals surface area contributed by atoms with Crippen LogP contribution in [0.1, 0.15) is 31.9 Å². The Kier molecular flexibility index (Phi) is 7.19. The van der Waals surface area contributed by atoms with Crippen molar-refractivity contribution >= 4 is 15.7 Å². The lowest BCUT2D eigenvalue weighted by molar-refractivity contribution is 0.0627. The summed E-state index contributed by atoms with van der Waals surface area (Å²) in [4.78, 5) is 5.45. The Morgan fingerprint density at radius 3 is 2.29 bits per heavy atom. The van der Waals surface area contributed by atoms with Crippen molar-refractivity contribution in [3.8, 4) is 0 Å². The fourth-order valence-corrected chi connectivity index (χ4v) is 3.47. The van der Waals surface area contributed by atoms with E-state index in [1.807, 2.05) is 47.4 Å². The number of rotatable bonds is 9. The van der Waals surface area contributed by atoms with Crippen molar-refractivity contribution in [1.29, 1.82) is 0 Å². The summed E-state index contributed by atoms with van der Waals surface area (Å²) in [6.07, 6.45) is 0. The summed E-state index contributed by atoms with van der Waals surface area (Å²) in [5.74, 6) is 0. The van der Waals surface area contributed by atoms with Crippen molar-refractivity contribution in [2.75, 3.05) is 18.1 Å². The monoisotopic (exact) mass is 401 g/mol. The van der Waals surface area contributed by atoms with Crippen LogP contribution >= 0.6 is 0 Å². The van der Waals surface area contributed by atoms with E-state index >= 15 is 0 Å². The van der Waals surface area contributed by atoms with Gasteiger partial charge in [0.15, 0.2) is 0 Å². The van der Waals surface area contributed by atoms with E-state index in [9.17, 15) is 13.5 Å². The molecular formula is C21H27N3O3S. The lowest BCUT2D eigenvalue weighted by Crippen LogP contribution is -2.41. The van der Waals surface area contributed by atoms with Gasteiger partial charge in [0.1, 0.15) is 5.60 Å². The first-order valence-corrected chi connectivity index (χ1v) is 10.6. The zero-order valence-corrected chi connectivity index (χ0v) is 17.3. The smallest absolute Gasteiger partial charge is 0.289 e. The first-order valence-electron chi connectivity index (χ1n) is 9.09. The van der Waals surface area contributed by atoms with Crippen molar-refractivity contribution in [2.24, 2.45) is 0 Å². The average molecular weight is 402 g/mol. The molecule has 1 unspecified atom stereocenters. The molecule has 1 atom stereocenters. The first kappa shape index (κ1) is 21.9. The molecule has 0 aliphatic rings. The Bertz CT molecular complexity index is 902. The highest BCUT2D eigenvalue weighted by Crippen LogP contribution is 2.25. The molecular weight excluding hydrogens is 374 g/mol. The van der Waals surface area contributed by atoms with Crippen LogP contribution in [0.4, 0.5) is 5.69 Å². The van der Waals surface area contributed by atoms with Gasteiger partial charge in [-0.15, -0.1) is 0 Å². The molecule has 0 saturated heterocycles. The van der Waals surface area contributed by atoms with Gasteiger partial charge in [-0.1, -0.05) is 42.5 Å². The number of nitrogens with zero attached hydrogens (tertiary/aromatic N) is 2. The molecule has 0 heterocycles. The van der Waals surface area contributed by atoms with Crippen LogP contribution in [0.3, 0.4) is 0 Å². The lowest BCUT2D eigenvalue weighted by Gasteiger charge is -2.26. The topological polar surface area (TPSA) is 74.0 Å². The minimum absolute atomic E-state index is 0.108. The highest BCUT2D eigenvalue weighted by Gasteiger charge is 2.27. The van der Waals surface area contributed by atoms with Gasteiger partial charge in [0, 0.05) is 18.8 Å². The Balaban J connectivity index is 2.14. The molecule has 0 bridgehead atoms. The van der Waals surface area contributed by atoms with Crippen LogP contribution in [-0.2, 0) is 22.2 Å². The van der Waals surface area contributed by atoms with Crippen molar-refractivity contribution in [3.05, 3.63) is 77.1 Å². The predicted molar refractivity (Wildman–Crippen MR) is 112 cm³/mol. The Labute approximate surface area is 167 Å². The third-order valence-electron chi connectivity index (χ3n) is 4.55. The normalized spacial score (nSPS) is 13.7. The summed E-state index contributed by atoms with van der Waals surface area (Å²) < 4.78 is 26.3. The Morgan fingerprint density at radius 1 is 1.14 bits per heavy atom. The van der Waals surface area contributed by atoms with Crippen LogP contribution in [-0.4, -0.2) is 32.0 Å². The molecule has 6 nitrogen and oxygen atoms in total. The standard InChI is InChI=1S/C21H27N3O3S/c1-17(2)28(26,27)23-15-21(3,25)19-10-12-20(13-11-19)24(16-22-4)14-18-8-6-5-7-9-18/h5-13,17,23,25H,14-16H2,1-3H3. The van der Waals surface area contributed by atoms with E-state index < -0.39 is 20.9 Å². The molecule has 0 saturated carbocycles. The number of hydrogen-bond acceptors (Lipinski definition) is 4. The highest BCUT2D eigenvalue weighted by molar-refractivity contribution is 7.90. The third kappa shape index (κ3) is 5.80. The molecule has 150 valence electrons. The number of anilines is 1. The first-order chi connectivity index (χ1) is 13.2. The number of sulfonamides is 1. The summed E-state index contributed by atoms with van der Waals surface area (Å²) in [7, 11) is -3.45. The van der Waals surface area contributed by atoms with E-state index in [-0.39, 0.29) is 13.2 Å². The molecule has 2 rings (SSSR count). The number of hydrogen-bond donors (Lipinski definition) is 2. The zero-order valence-electron chi connectivity index (χ0n) is 16.5. The molecule has 0 aliphatic heterocycles. The van der Waals surface area contributed by atoms with Crippen LogP contribution in [0.5, 0.6) is 0 Å². The summed E-state index contributed by atoms with van der Waals surface area (Å²) in [6.45, 7) is 12.7. The lowest BCUT2D eigenvalue weighted by atomic mass is 9.96. The average Bonchev–Trinajstić information content (AvgIpc) is 2.67.